The molecule has 2 heterocycles. The molecule has 1 aromatic rings. The van der Waals surface area contributed by atoms with Crippen molar-refractivity contribution in [1.29, 1.82) is 0 Å². The molecule has 1 aliphatic heterocycles. The number of cyclic esters (lactones) is 1. The number of aromatic nitrogens is 1. The molecule has 0 aromatic carbocycles. The second-order valence-electron chi connectivity index (χ2n) is 2.38. The largest absolute Gasteiger partial charge is 0.416 e. The van der Waals surface area contributed by atoms with E-state index in [2.05, 4.69) is 4.74 Å². The van der Waals surface area contributed by atoms with Gasteiger partial charge in [0.15, 0.2) is 0 Å². The molecule has 0 radical (unpaired) electrons. The fraction of sp³-hybridized carbons (Fsp3) is 0.143. The zero-order valence-electron chi connectivity index (χ0n) is 6.06. The van der Waals surface area contributed by atoms with Gasteiger partial charge in [0, 0.05) is 12.4 Å². The van der Waals surface area contributed by atoms with E-state index in [0.29, 0.717) is 0 Å². The maximum absolute atomic E-state index is 11.0. The molecule has 1 saturated heterocycles. The number of carbonyl (C=O) groups is 2. The first-order chi connectivity index (χ1) is 5.77. The molecule has 5 nitrogen and oxygen atoms in total. The lowest BCUT2D eigenvalue weighted by Gasteiger charge is -2.06. The summed E-state index contributed by atoms with van der Waals surface area (Å²) in [4.78, 5) is 21.6. The number of amides is 2. The van der Waals surface area contributed by atoms with E-state index in [1.54, 1.807) is 24.5 Å². The summed E-state index contributed by atoms with van der Waals surface area (Å²) >= 11 is 0. The Kier molecular flexibility index (Phi) is 1.36. The Morgan fingerprint density at radius 1 is 1.33 bits per heavy atom. The van der Waals surface area contributed by atoms with Gasteiger partial charge < -0.3 is 9.30 Å². The summed E-state index contributed by atoms with van der Waals surface area (Å²) in [6, 6.07) is 3.50. The van der Waals surface area contributed by atoms with Crippen molar-refractivity contribution < 1.29 is 14.3 Å². The van der Waals surface area contributed by atoms with Crippen LogP contribution in [-0.2, 0) is 9.53 Å². The van der Waals surface area contributed by atoms with Crippen LogP contribution in [0.2, 0.25) is 0 Å². The Morgan fingerprint density at radius 2 is 2.00 bits per heavy atom. The smallest absolute Gasteiger partial charge is 0.415 e. The van der Waals surface area contributed by atoms with E-state index < -0.39 is 18.2 Å². The van der Waals surface area contributed by atoms with Crippen molar-refractivity contribution in [2.24, 2.45) is 0 Å². The quantitative estimate of drug-likeness (QED) is 0.650. The first-order valence-electron chi connectivity index (χ1n) is 3.41. The third-order valence-electron chi connectivity index (χ3n) is 1.57. The molecule has 1 fully saturated rings. The zero-order chi connectivity index (χ0) is 8.55. The molecule has 1 N–H and O–H groups in total. The number of rotatable bonds is 1. The topological polar surface area (TPSA) is 60.3 Å². The van der Waals surface area contributed by atoms with Crippen molar-refractivity contribution in [2.75, 3.05) is 0 Å². The minimum absolute atomic E-state index is 0.434. The Labute approximate surface area is 67.9 Å². The van der Waals surface area contributed by atoms with Crippen LogP contribution in [-0.4, -0.2) is 16.6 Å². The van der Waals surface area contributed by atoms with Crippen molar-refractivity contribution in [1.82, 2.24) is 9.88 Å². The molecule has 0 bridgehead atoms. The fourth-order valence-corrected chi connectivity index (χ4v) is 1.05. The van der Waals surface area contributed by atoms with Gasteiger partial charge in [-0.15, -0.1) is 0 Å². The summed E-state index contributed by atoms with van der Waals surface area (Å²) in [5.41, 5.74) is 0. The Balaban J connectivity index is 2.26. The standard InChI is InChI=1S/C7H6N2O3/c10-5-6(12-7(11)8-5)9-3-1-2-4-9/h1-4,6H,(H,8,10,11). The van der Waals surface area contributed by atoms with E-state index >= 15 is 0 Å². The number of alkyl carbamates (subject to hydrolysis) is 1. The summed E-state index contributed by atoms with van der Waals surface area (Å²) in [6.07, 6.45) is 1.78. The highest BCUT2D eigenvalue weighted by molar-refractivity contribution is 5.98. The monoisotopic (exact) mass is 166 g/mol. The van der Waals surface area contributed by atoms with Gasteiger partial charge in [-0.25, -0.2) is 4.79 Å². The number of imide groups is 1. The molecule has 1 unspecified atom stereocenters. The Morgan fingerprint density at radius 3 is 2.50 bits per heavy atom. The Bertz CT molecular complexity index is 317. The van der Waals surface area contributed by atoms with Crippen LogP contribution in [0.3, 0.4) is 0 Å². The van der Waals surface area contributed by atoms with Gasteiger partial charge in [-0.05, 0) is 12.1 Å². The summed E-state index contributed by atoms with van der Waals surface area (Å²) in [7, 11) is 0. The molecule has 0 saturated carbocycles. The van der Waals surface area contributed by atoms with Crippen molar-refractivity contribution in [3.8, 4) is 0 Å². The van der Waals surface area contributed by atoms with Crippen molar-refractivity contribution >= 4 is 12.0 Å². The zero-order valence-corrected chi connectivity index (χ0v) is 6.06. The lowest BCUT2D eigenvalue weighted by molar-refractivity contribution is -0.126. The van der Waals surface area contributed by atoms with Crippen molar-refractivity contribution in [2.45, 2.75) is 6.23 Å². The molecule has 2 amide bonds. The summed E-state index contributed by atoms with van der Waals surface area (Å²) in [5.74, 6) is -0.434. The molecular formula is C7H6N2O3. The maximum atomic E-state index is 11.0. The third-order valence-corrected chi connectivity index (χ3v) is 1.57. The lowest BCUT2D eigenvalue weighted by atomic mass is 10.5. The predicted molar refractivity (Wildman–Crippen MR) is 38.1 cm³/mol. The SMILES string of the molecule is O=C1NC(=O)C(n2cccc2)O1. The highest BCUT2D eigenvalue weighted by atomic mass is 16.6. The van der Waals surface area contributed by atoms with E-state index in [0.717, 1.165) is 0 Å². The molecule has 1 atom stereocenters. The van der Waals surface area contributed by atoms with Gasteiger partial charge in [-0.1, -0.05) is 0 Å². The minimum Gasteiger partial charge on any atom is -0.415 e. The maximum Gasteiger partial charge on any atom is 0.416 e. The van der Waals surface area contributed by atoms with Crippen LogP contribution >= 0.6 is 0 Å². The van der Waals surface area contributed by atoms with Crippen LogP contribution in [0, 0.1) is 0 Å². The van der Waals surface area contributed by atoms with Crippen LogP contribution < -0.4 is 5.32 Å². The van der Waals surface area contributed by atoms with Gasteiger partial charge in [-0.2, -0.15) is 0 Å². The van der Waals surface area contributed by atoms with Crippen LogP contribution in [0.1, 0.15) is 6.23 Å². The average molecular weight is 166 g/mol. The second kappa shape index (κ2) is 2.37. The predicted octanol–water partition coefficient (Wildman–Crippen LogP) is 0.253. The third kappa shape index (κ3) is 0.952. The summed E-state index contributed by atoms with van der Waals surface area (Å²) < 4.78 is 6.20. The van der Waals surface area contributed by atoms with E-state index in [1.165, 1.54) is 4.57 Å². The van der Waals surface area contributed by atoms with Gasteiger partial charge >= 0.3 is 6.09 Å². The van der Waals surface area contributed by atoms with Crippen LogP contribution in [0.4, 0.5) is 4.79 Å². The van der Waals surface area contributed by atoms with Gasteiger partial charge in [0.1, 0.15) is 0 Å². The van der Waals surface area contributed by atoms with Crippen LogP contribution in [0.15, 0.2) is 24.5 Å². The highest BCUT2D eigenvalue weighted by Gasteiger charge is 2.32. The molecule has 0 spiro atoms. The Hall–Kier alpha value is -1.78. The number of nitrogens with one attached hydrogen (secondary N) is 1. The number of nitrogens with zero attached hydrogens (tertiary/aromatic N) is 1. The van der Waals surface area contributed by atoms with Crippen LogP contribution in [0.5, 0.6) is 0 Å². The molecule has 5 heteroatoms. The number of hydrogen-bond donors (Lipinski definition) is 1. The average Bonchev–Trinajstić information content (AvgIpc) is 2.58. The van der Waals surface area contributed by atoms with E-state index in [1.807, 2.05) is 5.32 Å². The normalized spacial score (nSPS) is 22.2. The second-order valence-corrected chi connectivity index (χ2v) is 2.38. The molecule has 62 valence electrons. The van der Waals surface area contributed by atoms with Gasteiger partial charge in [0.2, 0.25) is 0 Å². The minimum atomic E-state index is -0.840. The lowest BCUT2D eigenvalue weighted by Crippen LogP contribution is -2.22. The van der Waals surface area contributed by atoms with Gasteiger partial charge in [0.25, 0.3) is 12.1 Å². The summed E-state index contributed by atoms with van der Waals surface area (Å²) in [6.45, 7) is 0. The van der Waals surface area contributed by atoms with Crippen molar-refractivity contribution in [3.05, 3.63) is 24.5 Å². The molecule has 1 aliphatic rings. The number of hydrogen-bond acceptors (Lipinski definition) is 3. The molecule has 12 heavy (non-hydrogen) atoms. The van der Waals surface area contributed by atoms with Gasteiger partial charge in [-0.3, -0.25) is 10.1 Å². The molecule has 0 aliphatic carbocycles. The number of ether oxygens (including phenoxy) is 1. The molecule has 2 rings (SSSR count). The van der Waals surface area contributed by atoms with E-state index in [-0.39, 0.29) is 0 Å². The van der Waals surface area contributed by atoms with E-state index in [9.17, 15) is 9.59 Å². The first-order valence-corrected chi connectivity index (χ1v) is 3.41. The van der Waals surface area contributed by atoms with Crippen LogP contribution in [0.25, 0.3) is 0 Å². The summed E-state index contributed by atoms with van der Waals surface area (Å²) in [5, 5.41) is 2.03. The van der Waals surface area contributed by atoms with Gasteiger partial charge in [0.05, 0.1) is 0 Å². The first kappa shape index (κ1) is 6.90. The van der Waals surface area contributed by atoms with Crippen molar-refractivity contribution in [3.63, 3.8) is 0 Å². The van der Waals surface area contributed by atoms with E-state index in [4.69, 9.17) is 0 Å². The fourth-order valence-electron chi connectivity index (χ4n) is 1.05. The highest BCUT2D eigenvalue weighted by Crippen LogP contribution is 2.14. The molecule has 1 aromatic heterocycles. The molecular weight excluding hydrogens is 160 g/mol. The number of carbonyl (C=O) groups excluding carboxylic acids is 2.